The van der Waals surface area contributed by atoms with Crippen molar-refractivity contribution >= 4 is 11.8 Å². The Morgan fingerprint density at radius 3 is 2.43 bits per heavy atom. The summed E-state index contributed by atoms with van der Waals surface area (Å²) in [5, 5.41) is 13.8. The SMILES string of the molecule is CC(C)CNC(=O)CNC(=O)COc1ccc(C#N)cc1. The van der Waals surface area contributed by atoms with Gasteiger partial charge in [-0.2, -0.15) is 5.26 Å². The van der Waals surface area contributed by atoms with Crippen LogP contribution in [0, 0.1) is 17.2 Å². The molecule has 0 aliphatic carbocycles. The Morgan fingerprint density at radius 1 is 1.19 bits per heavy atom. The maximum atomic E-state index is 11.5. The van der Waals surface area contributed by atoms with Crippen molar-refractivity contribution in [2.45, 2.75) is 13.8 Å². The van der Waals surface area contributed by atoms with Gasteiger partial charge in [-0.1, -0.05) is 13.8 Å². The first-order valence-corrected chi connectivity index (χ1v) is 6.67. The summed E-state index contributed by atoms with van der Waals surface area (Å²) in [5.41, 5.74) is 0.522. The molecule has 0 saturated heterocycles. The van der Waals surface area contributed by atoms with Gasteiger partial charge in [0.15, 0.2) is 6.61 Å². The first kappa shape index (κ1) is 16.5. The molecule has 21 heavy (non-hydrogen) atoms. The number of rotatable bonds is 7. The first-order chi connectivity index (χ1) is 10.0. The van der Waals surface area contributed by atoms with Crippen LogP contribution in [0.4, 0.5) is 0 Å². The minimum atomic E-state index is -0.376. The summed E-state index contributed by atoms with van der Waals surface area (Å²) in [4.78, 5) is 22.9. The normalized spacial score (nSPS) is 9.81. The third kappa shape index (κ3) is 6.97. The second-order valence-electron chi connectivity index (χ2n) is 4.90. The minimum Gasteiger partial charge on any atom is -0.484 e. The van der Waals surface area contributed by atoms with Gasteiger partial charge in [-0.15, -0.1) is 0 Å². The van der Waals surface area contributed by atoms with Crippen molar-refractivity contribution < 1.29 is 14.3 Å². The van der Waals surface area contributed by atoms with Crippen molar-refractivity contribution in [2.75, 3.05) is 19.7 Å². The van der Waals surface area contributed by atoms with Crippen LogP contribution in [0.3, 0.4) is 0 Å². The predicted molar refractivity (Wildman–Crippen MR) is 77.5 cm³/mol. The average Bonchev–Trinajstić information content (AvgIpc) is 2.49. The Bertz CT molecular complexity index is 518. The van der Waals surface area contributed by atoms with Crippen LogP contribution in [0.5, 0.6) is 5.75 Å². The van der Waals surface area contributed by atoms with Crippen LogP contribution < -0.4 is 15.4 Å². The summed E-state index contributed by atoms with van der Waals surface area (Å²) >= 11 is 0. The maximum absolute atomic E-state index is 11.5. The third-order valence-corrected chi connectivity index (χ3v) is 2.51. The number of carbonyl (C=O) groups excluding carboxylic acids is 2. The molecule has 0 aliphatic rings. The van der Waals surface area contributed by atoms with E-state index in [4.69, 9.17) is 10.00 Å². The van der Waals surface area contributed by atoms with Crippen molar-refractivity contribution in [1.82, 2.24) is 10.6 Å². The Balaban J connectivity index is 2.24. The number of benzene rings is 1. The van der Waals surface area contributed by atoms with Gasteiger partial charge in [-0.25, -0.2) is 0 Å². The van der Waals surface area contributed by atoms with Crippen LogP contribution >= 0.6 is 0 Å². The maximum Gasteiger partial charge on any atom is 0.258 e. The van der Waals surface area contributed by atoms with Crippen LogP contribution in [0.1, 0.15) is 19.4 Å². The van der Waals surface area contributed by atoms with Crippen molar-refractivity contribution in [3.05, 3.63) is 29.8 Å². The Labute approximate surface area is 124 Å². The van der Waals surface area contributed by atoms with Gasteiger partial charge in [-0.3, -0.25) is 9.59 Å². The van der Waals surface area contributed by atoms with Crippen molar-refractivity contribution in [3.8, 4) is 11.8 Å². The van der Waals surface area contributed by atoms with Gasteiger partial charge in [0.2, 0.25) is 5.91 Å². The van der Waals surface area contributed by atoms with Crippen LogP contribution in [0.2, 0.25) is 0 Å². The molecule has 0 aliphatic heterocycles. The van der Waals surface area contributed by atoms with E-state index >= 15 is 0 Å². The summed E-state index contributed by atoms with van der Waals surface area (Å²) < 4.78 is 5.24. The number of hydrogen-bond acceptors (Lipinski definition) is 4. The van der Waals surface area contributed by atoms with E-state index in [1.165, 1.54) is 0 Å². The van der Waals surface area contributed by atoms with Crippen LogP contribution in [-0.2, 0) is 9.59 Å². The Hall–Kier alpha value is -2.55. The number of nitrogens with one attached hydrogen (secondary N) is 2. The standard InChI is InChI=1S/C15H19N3O3/c1-11(2)8-17-14(19)9-18-15(20)10-21-13-5-3-12(7-16)4-6-13/h3-6,11H,8-10H2,1-2H3,(H,17,19)(H,18,20). The summed E-state index contributed by atoms with van der Waals surface area (Å²) in [5.74, 6) is 0.257. The molecule has 0 heterocycles. The Morgan fingerprint density at radius 2 is 1.86 bits per heavy atom. The lowest BCUT2D eigenvalue weighted by Gasteiger charge is -2.09. The lowest BCUT2D eigenvalue weighted by molar-refractivity contribution is -0.127. The highest BCUT2D eigenvalue weighted by molar-refractivity contribution is 5.85. The van der Waals surface area contributed by atoms with E-state index < -0.39 is 0 Å². The van der Waals surface area contributed by atoms with Gasteiger partial charge in [0, 0.05) is 6.54 Å². The monoisotopic (exact) mass is 289 g/mol. The smallest absolute Gasteiger partial charge is 0.258 e. The molecule has 0 saturated carbocycles. The predicted octanol–water partition coefficient (Wildman–Crippen LogP) is 0.825. The number of hydrogen-bond donors (Lipinski definition) is 2. The molecule has 1 aromatic rings. The molecular weight excluding hydrogens is 270 g/mol. The molecule has 0 unspecified atom stereocenters. The zero-order valence-corrected chi connectivity index (χ0v) is 12.2. The molecule has 0 fully saturated rings. The summed E-state index contributed by atoms with van der Waals surface area (Å²) in [7, 11) is 0. The molecule has 112 valence electrons. The summed E-state index contributed by atoms with van der Waals surface area (Å²) in [6.45, 7) is 4.32. The minimum absolute atomic E-state index is 0.0672. The lowest BCUT2D eigenvalue weighted by Crippen LogP contribution is -2.39. The van der Waals surface area contributed by atoms with E-state index in [1.807, 2.05) is 19.9 Å². The highest BCUT2D eigenvalue weighted by Crippen LogP contribution is 2.10. The van der Waals surface area contributed by atoms with Gasteiger partial charge in [0.25, 0.3) is 5.91 Å². The quantitative estimate of drug-likeness (QED) is 0.777. The molecule has 2 N–H and O–H groups in total. The molecule has 0 spiro atoms. The largest absolute Gasteiger partial charge is 0.484 e. The summed E-state index contributed by atoms with van der Waals surface area (Å²) in [6, 6.07) is 8.42. The van der Waals surface area contributed by atoms with Crippen LogP contribution in [0.15, 0.2) is 24.3 Å². The second kappa shape index (κ2) is 8.59. The fourth-order valence-electron chi connectivity index (χ4n) is 1.38. The van der Waals surface area contributed by atoms with Gasteiger partial charge >= 0.3 is 0 Å². The van der Waals surface area contributed by atoms with Crippen molar-refractivity contribution in [1.29, 1.82) is 5.26 Å². The fourth-order valence-corrected chi connectivity index (χ4v) is 1.38. The number of ether oxygens (including phenoxy) is 1. The number of amides is 2. The topological polar surface area (TPSA) is 91.2 Å². The van der Waals surface area contributed by atoms with Crippen LogP contribution in [-0.4, -0.2) is 31.5 Å². The molecule has 6 heteroatoms. The zero-order chi connectivity index (χ0) is 15.7. The van der Waals surface area contributed by atoms with E-state index in [2.05, 4.69) is 10.6 Å². The summed E-state index contributed by atoms with van der Waals surface area (Å²) in [6.07, 6.45) is 0. The fraction of sp³-hybridized carbons (Fsp3) is 0.400. The van der Waals surface area contributed by atoms with Gasteiger partial charge < -0.3 is 15.4 Å². The molecule has 2 amide bonds. The second-order valence-corrected chi connectivity index (χ2v) is 4.90. The molecule has 0 bridgehead atoms. The van der Waals surface area contributed by atoms with Crippen LogP contribution in [0.25, 0.3) is 0 Å². The number of nitriles is 1. The van der Waals surface area contributed by atoms with Gasteiger partial charge in [0.05, 0.1) is 18.2 Å². The van der Waals surface area contributed by atoms with E-state index in [0.717, 1.165) is 0 Å². The Kier molecular flexibility index (Phi) is 6.75. The third-order valence-electron chi connectivity index (χ3n) is 2.51. The lowest BCUT2D eigenvalue weighted by atomic mass is 10.2. The van der Waals surface area contributed by atoms with Gasteiger partial charge in [-0.05, 0) is 30.2 Å². The highest BCUT2D eigenvalue weighted by Gasteiger charge is 2.06. The van der Waals surface area contributed by atoms with Crippen molar-refractivity contribution in [2.24, 2.45) is 5.92 Å². The highest BCUT2D eigenvalue weighted by atomic mass is 16.5. The van der Waals surface area contributed by atoms with Crippen molar-refractivity contribution in [3.63, 3.8) is 0 Å². The van der Waals surface area contributed by atoms with E-state index in [-0.39, 0.29) is 25.0 Å². The van der Waals surface area contributed by atoms with E-state index in [9.17, 15) is 9.59 Å². The number of carbonyl (C=O) groups is 2. The molecule has 0 atom stereocenters. The van der Waals surface area contributed by atoms with E-state index in [1.54, 1.807) is 24.3 Å². The number of nitrogens with zero attached hydrogens (tertiary/aromatic N) is 1. The molecule has 0 radical (unpaired) electrons. The first-order valence-electron chi connectivity index (χ1n) is 6.67. The molecule has 1 rings (SSSR count). The molecule has 6 nitrogen and oxygen atoms in total. The zero-order valence-electron chi connectivity index (χ0n) is 12.2. The molecular formula is C15H19N3O3. The molecule has 1 aromatic carbocycles. The van der Waals surface area contributed by atoms with Gasteiger partial charge in [0.1, 0.15) is 5.75 Å². The van der Waals surface area contributed by atoms with E-state index in [0.29, 0.717) is 23.8 Å². The average molecular weight is 289 g/mol. The molecule has 0 aromatic heterocycles.